The van der Waals surface area contributed by atoms with Gasteiger partial charge in [-0.1, -0.05) is 38.5 Å². The Labute approximate surface area is 432 Å². The molecule has 3 saturated heterocycles. The highest BCUT2D eigenvalue weighted by Gasteiger charge is 2.52. The molecule has 2 unspecified atom stereocenters. The van der Waals surface area contributed by atoms with E-state index < -0.39 is 164 Å². The molecule has 4 aliphatic rings. The highest BCUT2D eigenvalue weighted by molar-refractivity contribution is 5.91. The van der Waals surface area contributed by atoms with Gasteiger partial charge in [0.05, 0.1) is 55.2 Å². The number of carboxylic acid groups (broad SMARTS) is 2. The molecule has 4 heterocycles. The molecule has 3 fully saturated rings. The van der Waals surface area contributed by atoms with Gasteiger partial charge in [-0.15, -0.1) is 0 Å². The summed E-state index contributed by atoms with van der Waals surface area (Å²) < 4.78 is 54.7. The molecule has 24 nitrogen and oxygen atoms in total. The van der Waals surface area contributed by atoms with Gasteiger partial charge in [-0.3, -0.25) is 9.59 Å². The van der Waals surface area contributed by atoms with E-state index in [0.717, 1.165) is 6.29 Å². The van der Waals surface area contributed by atoms with Crippen molar-refractivity contribution in [1.82, 2.24) is 4.90 Å². The number of carbonyl (C=O) groups is 5. The van der Waals surface area contributed by atoms with E-state index in [4.69, 9.17) is 63.1 Å². The van der Waals surface area contributed by atoms with Crippen molar-refractivity contribution in [3.8, 4) is 0 Å². The van der Waals surface area contributed by atoms with Crippen LogP contribution in [0.15, 0.2) is 23.8 Å². The van der Waals surface area contributed by atoms with Crippen LogP contribution in [0, 0.1) is 23.7 Å². The highest BCUT2D eigenvalue weighted by atomic mass is 16.7. The summed E-state index contributed by atoms with van der Waals surface area (Å²) >= 11 is 0. The molecule has 0 bridgehead atoms. The smallest absolute Gasteiger partial charge is 0.335 e. The number of likely N-dealkylation sites (N-methyl/N-ethyl adjacent to an activating group) is 1. The van der Waals surface area contributed by atoms with Crippen LogP contribution in [0.2, 0.25) is 0 Å². The number of carbonyl (C=O) groups excluding carboxylic acids is 3. The summed E-state index contributed by atoms with van der Waals surface area (Å²) in [6, 6.07) is -0.748. The summed E-state index contributed by atoms with van der Waals surface area (Å²) in [7, 11) is 6.43. The zero-order chi connectivity index (χ0) is 56.1. The third-order valence-electron chi connectivity index (χ3n) is 14.2. The Bertz CT molecular complexity index is 1850. The molecule has 74 heavy (non-hydrogen) atoms. The van der Waals surface area contributed by atoms with Crippen molar-refractivity contribution < 1.29 is 113 Å². The van der Waals surface area contributed by atoms with Crippen molar-refractivity contribution in [2.24, 2.45) is 23.7 Å². The zero-order valence-corrected chi connectivity index (χ0v) is 44.4. The third kappa shape index (κ3) is 17.3. The Hall–Kier alpha value is -3.41. The first-order valence-corrected chi connectivity index (χ1v) is 25.0. The Morgan fingerprint density at radius 3 is 1.96 bits per heavy atom. The lowest BCUT2D eigenvalue weighted by Gasteiger charge is -2.50. The normalized spacial score (nSPS) is 41.9. The molecular weight excluding hydrogens is 983 g/mol. The van der Waals surface area contributed by atoms with E-state index in [2.05, 4.69) is 0 Å². The fourth-order valence-corrected chi connectivity index (χ4v) is 9.78. The Morgan fingerprint density at radius 1 is 0.838 bits per heavy atom. The molecule has 0 amide bonds. The van der Waals surface area contributed by atoms with Crippen LogP contribution in [0.3, 0.4) is 0 Å². The first kappa shape index (κ1) is 64.9. The third-order valence-corrected chi connectivity index (χ3v) is 14.2. The summed E-state index contributed by atoms with van der Waals surface area (Å²) in [4.78, 5) is 61.1. The number of rotatable bonds is 16. The molecule has 0 radical (unpaired) electrons. The number of aliphatic hydroxyl groups excluding tert-OH is 6. The van der Waals surface area contributed by atoms with Crippen LogP contribution in [0.4, 0.5) is 0 Å². The SMILES string of the molecule is CC[C@@H]1OC(=O)C[C@H](O)[C@@H](C)[C@@H](O[C@@H]2O[C@H](C)[C@@H](O[C@H]3C[C@@](C)(O)[C@@H](O)[C@H](C)O3)[C@H](N(C)C)[C@H]2O)[C@@H](CC=O)C[C@@H](C)C(=O)/C=C/C(C)=C\[C@@H]1CO[C@H]1O[C@@H](C)[C@H](O)[C@H](OC)[C@@H]1OC.O=C(O)C(O)C(O)C(=O)O. The lowest BCUT2D eigenvalue weighted by atomic mass is 9.79. The largest absolute Gasteiger partial charge is 0.479 e. The quantitative estimate of drug-likeness (QED) is 0.0708. The minimum absolute atomic E-state index is 0.00788. The maximum Gasteiger partial charge on any atom is 0.335 e. The van der Waals surface area contributed by atoms with Crippen molar-refractivity contribution in [3.05, 3.63) is 23.8 Å². The number of allylic oxidation sites excluding steroid dienone is 3. The molecule has 9 N–H and O–H groups in total. The van der Waals surface area contributed by atoms with Gasteiger partial charge in [-0.25, -0.2) is 9.59 Å². The minimum Gasteiger partial charge on any atom is -0.479 e. The average Bonchev–Trinajstić information content (AvgIpc) is 3.33. The van der Waals surface area contributed by atoms with Crippen molar-refractivity contribution in [3.63, 3.8) is 0 Å². The predicted octanol–water partition coefficient (Wildman–Crippen LogP) is -0.289. The van der Waals surface area contributed by atoms with Gasteiger partial charge in [0.25, 0.3) is 0 Å². The first-order chi connectivity index (χ1) is 34.5. The molecular formula is C50H83NO23. The van der Waals surface area contributed by atoms with Crippen LogP contribution in [0.1, 0.15) is 87.5 Å². The van der Waals surface area contributed by atoms with Crippen LogP contribution in [-0.4, -0.2) is 232 Å². The van der Waals surface area contributed by atoms with Crippen molar-refractivity contribution in [2.45, 2.75) is 203 Å². The van der Waals surface area contributed by atoms with Gasteiger partial charge in [0, 0.05) is 44.8 Å². The van der Waals surface area contributed by atoms with Crippen LogP contribution in [0.25, 0.3) is 0 Å². The summed E-state index contributed by atoms with van der Waals surface area (Å²) in [6.07, 6.45) is -13.0. The standard InChI is InChI=1S/C46H77NO17.C4H6O6/c1-13-33-30(22-58-45-42(57-12)41(56-11)37(52)26(5)60-45)18-23(2)14-15-31(49)24(3)19-29(16-17-48)39(25(4)32(50)20-34(51)62-33)64-44-38(53)36(47(9)10)40(27(6)61-44)63-35-21-46(8,55)43(54)28(7)59-35;5-1(3(7)8)2(6)4(9)10/h14-15,17-18,24-30,32-33,35-45,50,52-55H,13,16,19-22H2,1-12H3;1-2,5-6H,(H,7,8)(H,9,10)/b15-14+,23-18-;/t24-,25-,26+,27-,28+,29+,30-,32+,33+,35+,36-,37+,38-,39-,40-,41+,42+,43+,44+,45+,46-;/m1./s1. The van der Waals surface area contributed by atoms with Crippen molar-refractivity contribution in [1.29, 1.82) is 0 Å². The van der Waals surface area contributed by atoms with Gasteiger partial charge in [-0.05, 0) is 73.5 Å². The summed E-state index contributed by atoms with van der Waals surface area (Å²) in [5.74, 6) is -7.13. The van der Waals surface area contributed by atoms with E-state index in [0.29, 0.717) is 12.0 Å². The molecule has 0 aromatic rings. The predicted molar refractivity (Wildman–Crippen MR) is 258 cm³/mol. The van der Waals surface area contributed by atoms with Gasteiger partial charge >= 0.3 is 17.9 Å². The number of esters is 1. The lowest BCUT2D eigenvalue weighted by molar-refractivity contribution is -0.341. The molecule has 0 spiro atoms. The lowest BCUT2D eigenvalue weighted by Crippen LogP contribution is -2.65. The van der Waals surface area contributed by atoms with E-state index in [1.165, 1.54) is 27.2 Å². The topological polar surface area (TPSA) is 354 Å². The molecule has 0 aliphatic carbocycles. The zero-order valence-electron chi connectivity index (χ0n) is 44.4. The average molecular weight is 1070 g/mol. The summed E-state index contributed by atoms with van der Waals surface area (Å²) in [5, 5.41) is 88.3. The van der Waals surface area contributed by atoms with Gasteiger partial charge in [-0.2, -0.15) is 0 Å². The van der Waals surface area contributed by atoms with E-state index in [9.17, 15) is 49.5 Å². The maximum atomic E-state index is 13.8. The number of aldehydes is 1. The number of carboxylic acids is 2. The Morgan fingerprint density at radius 2 is 1.43 bits per heavy atom. The van der Waals surface area contributed by atoms with Crippen LogP contribution >= 0.6 is 0 Å². The maximum absolute atomic E-state index is 13.8. The number of hydrogen-bond acceptors (Lipinski definition) is 22. The van der Waals surface area contributed by atoms with E-state index >= 15 is 0 Å². The number of aliphatic hydroxyl groups is 7. The van der Waals surface area contributed by atoms with Crippen molar-refractivity contribution >= 4 is 30.0 Å². The molecule has 23 atom stereocenters. The molecule has 0 aromatic heterocycles. The number of cyclic esters (lactones) is 1. The number of aliphatic carboxylic acids is 2. The van der Waals surface area contributed by atoms with E-state index in [1.807, 2.05) is 19.9 Å². The van der Waals surface area contributed by atoms with Gasteiger partial charge < -0.3 is 98.3 Å². The number of ether oxygens (including phenoxy) is 9. The fourth-order valence-electron chi connectivity index (χ4n) is 9.78. The Balaban J connectivity index is 0.00000130. The highest BCUT2D eigenvalue weighted by Crippen LogP contribution is 2.37. The fraction of sp³-hybridized carbons (Fsp3) is 0.820. The molecule has 0 aromatic carbocycles. The van der Waals surface area contributed by atoms with E-state index in [1.54, 1.807) is 59.7 Å². The first-order valence-electron chi connectivity index (χ1n) is 25.0. The monoisotopic (exact) mass is 1070 g/mol. The number of ketones is 1. The Kier molecular flexibility index (Phi) is 25.7. The number of nitrogens with zero attached hydrogens (tertiary/aromatic N) is 1. The van der Waals surface area contributed by atoms with Crippen LogP contribution in [-0.2, 0) is 66.6 Å². The molecule has 4 rings (SSSR count). The molecule has 426 valence electrons. The molecule has 4 aliphatic heterocycles. The summed E-state index contributed by atoms with van der Waals surface area (Å²) in [6.45, 7) is 13.6. The van der Waals surface area contributed by atoms with E-state index in [-0.39, 0.29) is 31.7 Å². The van der Waals surface area contributed by atoms with Crippen molar-refractivity contribution in [2.75, 3.05) is 34.9 Å². The molecule has 24 heteroatoms. The second-order valence-electron chi connectivity index (χ2n) is 20.3. The minimum atomic E-state index is -2.27. The van der Waals surface area contributed by atoms with Gasteiger partial charge in [0.15, 0.2) is 36.9 Å². The van der Waals surface area contributed by atoms with Crippen LogP contribution < -0.4 is 0 Å². The molecule has 0 saturated carbocycles. The summed E-state index contributed by atoms with van der Waals surface area (Å²) in [5.41, 5.74) is -0.806. The van der Waals surface area contributed by atoms with Gasteiger partial charge in [0.1, 0.15) is 49.0 Å². The number of hydrogen-bond donors (Lipinski definition) is 9. The number of methoxy groups -OCH3 is 2. The van der Waals surface area contributed by atoms with Gasteiger partial charge in [0.2, 0.25) is 0 Å². The van der Waals surface area contributed by atoms with Crippen LogP contribution in [0.5, 0.6) is 0 Å². The second kappa shape index (κ2) is 29.4. The second-order valence-corrected chi connectivity index (χ2v) is 20.3.